The smallest absolute Gasteiger partial charge is 0.151 e. The fraction of sp³-hybridized carbons (Fsp3) is 0. The summed E-state index contributed by atoms with van der Waals surface area (Å²) in [5.41, 5.74) is 6.45. The first-order valence-electron chi connectivity index (χ1n) is 4.48. The predicted molar refractivity (Wildman–Crippen MR) is 61.6 cm³/mol. The summed E-state index contributed by atoms with van der Waals surface area (Å²) in [5, 5.41) is 9.91. The number of hydrogen-bond acceptors (Lipinski definition) is 4. The van der Waals surface area contributed by atoms with Crippen LogP contribution in [0.25, 0.3) is 10.8 Å². The zero-order valence-electron chi connectivity index (χ0n) is 8.21. The molecule has 16 heavy (non-hydrogen) atoms. The van der Waals surface area contributed by atoms with Gasteiger partial charge in [-0.05, 0) is 23.6 Å². The van der Waals surface area contributed by atoms with Crippen LogP contribution < -0.4 is 10.6 Å². The SMILES string of the molecule is Nc1cccc2cc(S(=O)NOO)ccc12. The Morgan fingerprint density at radius 1 is 1.31 bits per heavy atom. The standard InChI is InChI=1S/C10H10N2O3S/c11-10-3-1-2-7-6-8(4-5-9(7)10)16(14)12-15-13/h1-6,12-13H,11H2. The van der Waals surface area contributed by atoms with Crippen LogP contribution in [0.15, 0.2) is 41.3 Å². The van der Waals surface area contributed by atoms with Gasteiger partial charge in [-0.3, -0.25) is 0 Å². The van der Waals surface area contributed by atoms with Gasteiger partial charge in [0.15, 0.2) is 11.0 Å². The molecule has 2 aromatic rings. The van der Waals surface area contributed by atoms with E-state index in [0.717, 1.165) is 10.8 Å². The average molecular weight is 238 g/mol. The molecule has 0 aliphatic heterocycles. The van der Waals surface area contributed by atoms with Crippen LogP contribution in [0, 0.1) is 0 Å². The lowest BCUT2D eigenvalue weighted by Gasteiger charge is -2.04. The monoisotopic (exact) mass is 238 g/mol. The van der Waals surface area contributed by atoms with Gasteiger partial charge in [0.05, 0.1) is 4.90 Å². The highest BCUT2D eigenvalue weighted by atomic mass is 32.2. The highest BCUT2D eigenvalue weighted by Crippen LogP contribution is 2.22. The Bertz CT molecular complexity index is 545. The van der Waals surface area contributed by atoms with Gasteiger partial charge in [-0.25, -0.2) is 9.47 Å². The molecule has 0 aliphatic carbocycles. The summed E-state index contributed by atoms with van der Waals surface area (Å²) in [6.45, 7) is 0. The number of rotatable bonds is 3. The van der Waals surface area contributed by atoms with Gasteiger partial charge in [-0.15, -0.1) is 4.99 Å². The van der Waals surface area contributed by atoms with E-state index in [2.05, 4.69) is 4.99 Å². The number of nitrogen functional groups attached to an aromatic ring is 1. The molecular formula is C10H10N2O3S. The molecule has 1 atom stereocenters. The van der Waals surface area contributed by atoms with Crippen LogP contribution in [0.5, 0.6) is 0 Å². The summed E-state index contributed by atoms with van der Waals surface area (Å²) in [5.74, 6) is 0. The third kappa shape index (κ3) is 2.05. The van der Waals surface area contributed by atoms with E-state index in [1.165, 1.54) is 0 Å². The van der Waals surface area contributed by atoms with Crippen LogP contribution in [0.2, 0.25) is 0 Å². The molecule has 0 bridgehead atoms. The van der Waals surface area contributed by atoms with Crippen molar-refractivity contribution in [2.24, 2.45) is 0 Å². The van der Waals surface area contributed by atoms with E-state index in [-0.39, 0.29) is 0 Å². The lowest BCUT2D eigenvalue weighted by Crippen LogP contribution is -2.15. The van der Waals surface area contributed by atoms with Gasteiger partial charge in [0.2, 0.25) is 0 Å². The van der Waals surface area contributed by atoms with Crippen molar-refractivity contribution >= 4 is 27.4 Å². The minimum atomic E-state index is -1.61. The van der Waals surface area contributed by atoms with E-state index >= 15 is 0 Å². The van der Waals surface area contributed by atoms with E-state index in [4.69, 9.17) is 11.0 Å². The van der Waals surface area contributed by atoms with E-state index < -0.39 is 11.0 Å². The lowest BCUT2D eigenvalue weighted by atomic mass is 10.1. The van der Waals surface area contributed by atoms with Gasteiger partial charge in [0.1, 0.15) is 0 Å². The third-order valence-corrected chi connectivity index (χ3v) is 3.12. The average Bonchev–Trinajstić information content (AvgIpc) is 2.29. The van der Waals surface area contributed by atoms with Gasteiger partial charge in [0.25, 0.3) is 0 Å². The summed E-state index contributed by atoms with van der Waals surface area (Å²) in [7, 11) is -1.61. The quantitative estimate of drug-likeness (QED) is 0.429. The molecule has 0 radical (unpaired) electrons. The van der Waals surface area contributed by atoms with Gasteiger partial charge < -0.3 is 5.73 Å². The molecule has 1 unspecified atom stereocenters. The number of hydrogen-bond donors (Lipinski definition) is 3. The van der Waals surface area contributed by atoms with E-state index in [1.54, 1.807) is 24.3 Å². The molecule has 6 heteroatoms. The molecule has 0 fully saturated rings. The van der Waals surface area contributed by atoms with Crippen molar-refractivity contribution in [3.8, 4) is 0 Å². The minimum Gasteiger partial charge on any atom is -0.398 e. The van der Waals surface area contributed by atoms with E-state index in [9.17, 15) is 4.21 Å². The highest BCUT2D eigenvalue weighted by Gasteiger charge is 2.05. The molecule has 0 saturated carbocycles. The molecular weight excluding hydrogens is 228 g/mol. The van der Waals surface area contributed by atoms with Crippen LogP contribution in [0.1, 0.15) is 0 Å². The Hall–Kier alpha value is -1.47. The maximum atomic E-state index is 11.5. The van der Waals surface area contributed by atoms with Crippen molar-refractivity contribution in [3.63, 3.8) is 0 Å². The summed E-state index contributed by atoms with van der Waals surface area (Å²) in [4.78, 5) is 6.05. The molecule has 0 amide bonds. The Balaban J connectivity index is 2.48. The highest BCUT2D eigenvalue weighted by molar-refractivity contribution is 7.82. The molecule has 2 rings (SSSR count). The Morgan fingerprint density at radius 2 is 2.12 bits per heavy atom. The molecule has 5 nitrogen and oxygen atoms in total. The van der Waals surface area contributed by atoms with E-state index in [1.807, 2.05) is 17.0 Å². The molecule has 84 valence electrons. The Kier molecular flexibility index (Phi) is 3.16. The summed E-state index contributed by atoms with van der Waals surface area (Å²) in [6.07, 6.45) is 0. The molecule has 0 spiro atoms. The van der Waals surface area contributed by atoms with Gasteiger partial charge in [0, 0.05) is 11.1 Å². The van der Waals surface area contributed by atoms with Gasteiger partial charge >= 0.3 is 0 Å². The molecule has 0 aliphatic rings. The second-order valence-electron chi connectivity index (χ2n) is 3.17. The van der Waals surface area contributed by atoms with Crippen molar-refractivity contribution < 1.29 is 14.5 Å². The van der Waals surface area contributed by atoms with Crippen molar-refractivity contribution in [1.82, 2.24) is 4.89 Å². The number of nitrogens with two attached hydrogens (primary N) is 1. The van der Waals surface area contributed by atoms with Crippen molar-refractivity contribution in [1.29, 1.82) is 0 Å². The maximum Gasteiger partial charge on any atom is 0.151 e. The fourth-order valence-electron chi connectivity index (χ4n) is 1.48. The number of nitrogens with one attached hydrogen (secondary N) is 1. The van der Waals surface area contributed by atoms with Crippen LogP contribution in [0.4, 0.5) is 5.69 Å². The van der Waals surface area contributed by atoms with Gasteiger partial charge in [-0.2, -0.15) is 0 Å². The van der Waals surface area contributed by atoms with Crippen LogP contribution >= 0.6 is 0 Å². The molecule has 0 aromatic heterocycles. The molecule has 0 heterocycles. The maximum absolute atomic E-state index is 11.5. The Morgan fingerprint density at radius 3 is 2.88 bits per heavy atom. The van der Waals surface area contributed by atoms with Gasteiger partial charge in [-0.1, -0.05) is 23.1 Å². The van der Waals surface area contributed by atoms with E-state index in [0.29, 0.717) is 10.6 Å². The van der Waals surface area contributed by atoms with Crippen molar-refractivity contribution in [2.75, 3.05) is 5.73 Å². The first-order valence-corrected chi connectivity index (χ1v) is 5.63. The first kappa shape index (κ1) is 11.0. The number of benzene rings is 2. The second-order valence-corrected chi connectivity index (χ2v) is 4.35. The van der Waals surface area contributed by atoms with Crippen LogP contribution in [-0.4, -0.2) is 9.47 Å². The van der Waals surface area contributed by atoms with Crippen LogP contribution in [0.3, 0.4) is 0 Å². The first-order chi connectivity index (χ1) is 7.72. The van der Waals surface area contributed by atoms with Crippen molar-refractivity contribution in [2.45, 2.75) is 4.90 Å². The van der Waals surface area contributed by atoms with Crippen molar-refractivity contribution in [3.05, 3.63) is 36.4 Å². The summed E-state index contributed by atoms with van der Waals surface area (Å²) < 4.78 is 11.5. The largest absolute Gasteiger partial charge is 0.398 e. The number of anilines is 1. The second kappa shape index (κ2) is 4.58. The van der Waals surface area contributed by atoms with Crippen LogP contribution in [-0.2, 0) is 16.0 Å². The third-order valence-electron chi connectivity index (χ3n) is 2.21. The Labute approximate surface area is 94.3 Å². The topological polar surface area (TPSA) is 84.6 Å². The normalized spacial score (nSPS) is 12.8. The molecule has 2 aromatic carbocycles. The lowest BCUT2D eigenvalue weighted by molar-refractivity contribution is -0.267. The minimum absolute atomic E-state index is 0.493. The molecule has 0 saturated heterocycles. The zero-order valence-corrected chi connectivity index (χ0v) is 9.03. The summed E-state index contributed by atoms with van der Waals surface area (Å²) >= 11 is 0. The predicted octanol–water partition coefficient (Wildman–Crippen LogP) is 1.44. The summed E-state index contributed by atoms with van der Waals surface area (Å²) in [6, 6.07) is 10.6. The fourth-order valence-corrected chi connectivity index (χ4v) is 2.07. The number of fused-ring (bicyclic) bond motifs is 1. The molecule has 4 N–H and O–H groups in total. The zero-order chi connectivity index (χ0) is 11.5.